The topological polar surface area (TPSA) is 34.2 Å². The van der Waals surface area contributed by atoms with E-state index in [2.05, 4.69) is 23.1 Å². The largest absolute Gasteiger partial charge is 0.495 e. The minimum absolute atomic E-state index is 0.288. The third kappa shape index (κ3) is 4.38. The molecule has 0 fully saturated rings. The number of methoxy groups -OCH3 is 1. The van der Waals surface area contributed by atoms with Crippen LogP contribution in [0.15, 0.2) is 18.5 Å². The van der Waals surface area contributed by atoms with Crippen molar-refractivity contribution in [2.45, 2.75) is 38.6 Å². The number of nitrogens with zero attached hydrogens (tertiary/aromatic N) is 1. The Bertz CT molecular complexity index is 384. The van der Waals surface area contributed by atoms with Crippen LogP contribution < -0.4 is 10.1 Å². The second-order valence-electron chi connectivity index (χ2n) is 4.22. The molecule has 1 heterocycles. The normalized spacial score (nSPS) is 11.8. The molecule has 1 atom stereocenters. The fourth-order valence-electron chi connectivity index (χ4n) is 1.94. The van der Waals surface area contributed by atoms with Crippen LogP contribution in [0.1, 0.15) is 44.2 Å². The number of terminal acetylenes is 1. The number of ether oxygens (including phenoxy) is 1. The van der Waals surface area contributed by atoms with Gasteiger partial charge in [0.05, 0.1) is 13.3 Å². The number of hydrogen-bond acceptors (Lipinski definition) is 3. The number of unbranched alkanes of at least 4 members (excludes halogenated alkanes) is 1. The smallest absolute Gasteiger partial charge is 0.141 e. The van der Waals surface area contributed by atoms with Crippen molar-refractivity contribution in [3.63, 3.8) is 0 Å². The molecule has 0 spiro atoms. The van der Waals surface area contributed by atoms with E-state index in [4.69, 9.17) is 11.2 Å². The first-order chi connectivity index (χ1) is 8.83. The summed E-state index contributed by atoms with van der Waals surface area (Å²) in [6.45, 7) is 3.15. The molecule has 1 rings (SSSR count). The van der Waals surface area contributed by atoms with Crippen LogP contribution in [-0.4, -0.2) is 18.6 Å². The summed E-state index contributed by atoms with van der Waals surface area (Å²) in [7, 11) is 1.68. The van der Waals surface area contributed by atoms with E-state index in [1.807, 2.05) is 6.07 Å². The average molecular weight is 246 g/mol. The molecule has 0 saturated carbocycles. The van der Waals surface area contributed by atoms with Gasteiger partial charge in [0.15, 0.2) is 0 Å². The maximum Gasteiger partial charge on any atom is 0.141 e. The van der Waals surface area contributed by atoms with Crippen molar-refractivity contribution in [3.8, 4) is 18.1 Å². The standard InChI is InChI=1S/C15H22N2O/c1-4-6-7-8-14(17-10-5-2)13-9-11-16-12-15(13)18-3/h1,9,11-12,14,17H,5-8,10H2,2-3H3. The predicted octanol–water partition coefficient (Wildman–Crippen LogP) is 2.93. The van der Waals surface area contributed by atoms with E-state index in [9.17, 15) is 0 Å². The van der Waals surface area contributed by atoms with Crippen LogP contribution in [0, 0.1) is 12.3 Å². The number of nitrogens with one attached hydrogen (secondary N) is 1. The van der Waals surface area contributed by atoms with Gasteiger partial charge in [0.1, 0.15) is 5.75 Å². The van der Waals surface area contributed by atoms with Crippen molar-refractivity contribution in [3.05, 3.63) is 24.0 Å². The van der Waals surface area contributed by atoms with E-state index in [0.717, 1.165) is 43.5 Å². The molecule has 1 aromatic heterocycles. The molecule has 1 aromatic rings. The van der Waals surface area contributed by atoms with E-state index < -0.39 is 0 Å². The van der Waals surface area contributed by atoms with Crippen LogP contribution in [0.25, 0.3) is 0 Å². The first kappa shape index (κ1) is 14.5. The summed E-state index contributed by atoms with van der Waals surface area (Å²) >= 11 is 0. The van der Waals surface area contributed by atoms with Crippen molar-refractivity contribution in [1.29, 1.82) is 0 Å². The van der Waals surface area contributed by atoms with Gasteiger partial charge in [-0.2, -0.15) is 0 Å². The molecule has 0 aromatic carbocycles. The molecule has 3 nitrogen and oxygen atoms in total. The van der Waals surface area contributed by atoms with Gasteiger partial charge in [-0.25, -0.2) is 0 Å². The number of rotatable bonds is 8. The lowest BCUT2D eigenvalue weighted by molar-refractivity contribution is 0.391. The van der Waals surface area contributed by atoms with Gasteiger partial charge in [-0.3, -0.25) is 4.98 Å². The molecule has 18 heavy (non-hydrogen) atoms. The Morgan fingerprint density at radius 2 is 2.39 bits per heavy atom. The van der Waals surface area contributed by atoms with Gasteiger partial charge >= 0.3 is 0 Å². The van der Waals surface area contributed by atoms with Crippen LogP contribution in [0.5, 0.6) is 5.75 Å². The van der Waals surface area contributed by atoms with E-state index in [1.165, 1.54) is 0 Å². The molecule has 0 aliphatic carbocycles. The first-order valence-corrected chi connectivity index (χ1v) is 6.48. The van der Waals surface area contributed by atoms with Gasteiger partial charge < -0.3 is 10.1 Å². The molecule has 0 aliphatic heterocycles. The predicted molar refractivity (Wildman–Crippen MR) is 74.5 cm³/mol. The Kier molecular flexibility index (Phi) is 6.90. The maximum atomic E-state index is 5.37. The van der Waals surface area contributed by atoms with Crippen LogP contribution in [0.4, 0.5) is 0 Å². The summed E-state index contributed by atoms with van der Waals surface area (Å²) in [5.74, 6) is 3.53. The van der Waals surface area contributed by atoms with E-state index in [1.54, 1.807) is 19.5 Å². The molecule has 0 amide bonds. The molecule has 1 N–H and O–H groups in total. The van der Waals surface area contributed by atoms with Gasteiger partial charge in [0, 0.05) is 24.2 Å². The summed E-state index contributed by atoms with van der Waals surface area (Å²) in [6.07, 6.45) is 12.8. The van der Waals surface area contributed by atoms with Crippen molar-refractivity contribution in [2.75, 3.05) is 13.7 Å². The Hall–Kier alpha value is -1.53. The van der Waals surface area contributed by atoms with Crippen molar-refractivity contribution in [2.24, 2.45) is 0 Å². The van der Waals surface area contributed by atoms with Crippen molar-refractivity contribution in [1.82, 2.24) is 10.3 Å². The molecule has 0 saturated heterocycles. The van der Waals surface area contributed by atoms with Gasteiger partial charge in [-0.15, -0.1) is 12.3 Å². The molecule has 1 unspecified atom stereocenters. The lowest BCUT2D eigenvalue weighted by Crippen LogP contribution is -2.22. The zero-order chi connectivity index (χ0) is 13.2. The summed E-state index contributed by atoms with van der Waals surface area (Å²) in [4.78, 5) is 4.09. The number of pyridine rings is 1. The lowest BCUT2D eigenvalue weighted by Gasteiger charge is -2.20. The average Bonchev–Trinajstić information content (AvgIpc) is 2.42. The SMILES string of the molecule is C#CCCCC(NCCC)c1ccncc1OC. The highest BCUT2D eigenvalue weighted by Gasteiger charge is 2.14. The number of hydrogen-bond donors (Lipinski definition) is 1. The van der Waals surface area contributed by atoms with Crippen LogP contribution >= 0.6 is 0 Å². The van der Waals surface area contributed by atoms with Crippen molar-refractivity contribution < 1.29 is 4.74 Å². The highest BCUT2D eigenvalue weighted by atomic mass is 16.5. The summed E-state index contributed by atoms with van der Waals surface area (Å²) < 4.78 is 5.37. The fourth-order valence-corrected chi connectivity index (χ4v) is 1.94. The Labute approximate surface area is 110 Å². The monoisotopic (exact) mass is 246 g/mol. The Balaban J connectivity index is 2.76. The second kappa shape index (κ2) is 8.54. The third-order valence-corrected chi connectivity index (χ3v) is 2.87. The molecular weight excluding hydrogens is 224 g/mol. The van der Waals surface area contributed by atoms with Gasteiger partial charge in [-0.05, 0) is 31.9 Å². The first-order valence-electron chi connectivity index (χ1n) is 6.48. The van der Waals surface area contributed by atoms with Crippen LogP contribution in [0.2, 0.25) is 0 Å². The Morgan fingerprint density at radius 3 is 3.06 bits per heavy atom. The van der Waals surface area contributed by atoms with Gasteiger partial charge in [0.2, 0.25) is 0 Å². The molecule has 0 radical (unpaired) electrons. The summed E-state index contributed by atoms with van der Waals surface area (Å²) in [5, 5.41) is 3.54. The lowest BCUT2D eigenvalue weighted by atomic mass is 10.0. The van der Waals surface area contributed by atoms with Crippen molar-refractivity contribution >= 4 is 0 Å². The minimum Gasteiger partial charge on any atom is -0.495 e. The zero-order valence-corrected chi connectivity index (χ0v) is 11.3. The van der Waals surface area contributed by atoms with E-state index in [-0.39, 0.29) is 6.04 Å². The minimum atomic E-state index is 0.288. The number of aromatic nitrogens is 1. The van der Waals surface area contributed by atoms with E-state index in [0.29, 0.717) is 0 Å². The zero-order valence-electron chi connectivity index (χ0n) is 11.3. The van der Waals surface area contributed by atoms with Gasteiger partial charge in [0.25, 0.3) is 0 Å². The van der Waals surface area contributed by atoms with Crippen LogP contribution in [-0.2, 0) is 0 Å². The van der Waals surface area contributed by atoms with E-state index >= 15 is 0 Å². The Morgan fingerprint density at radius 1 is 1.56 bits per heavy atom. The molecule has 0 aliphatic rings. The quantitative estimate of drug-likeness (QED) is 0.565. The second-order valence-corrected chi connectivity index (χ2v) is 4.22. The molecular formula is C15H22N2O. The molecule has 0 bridgehead atoms. The molecule has 3 heteroatoms. The van der Waals surface area contributed by atoms with Crippen LogP contribution in [0.3, 0.4) is 0 Å². The third-order valence-electron chi connectivity index (χ3n) is 2.87. The highest BCUT2D eigenvalue weighted by Crippen LogP contribution is 2.27. The fraction of sp³-hybridized carbons (Fsp3) is 0.533. The highest BCUT2D eigenvalue weighted by molar-refractivity contribution is 5.32. The van der Waals surface area contributed by atoms with Gasteiger partial charge in [-0.1, -0.05) is 6.92 Å². The summed E-state index contributed by atoms with van der Waals surface area (Å²) in [6, 6.07) is 2.30. The maximum absolute atomic E-state index is 5.37. The molecule has 98 valence electrons. The summed E-state index contributed by atoms with van der Waals surface area (Å²) in [5.41, 5.74) is 1.16.